The van der Waals surface area contributed by atoms with Crippen LogP contribution >= 0.6 is 0 Å². The van der Waals surface area contributed by atoms with Crippen LogP contribution in [0.2, 0.25) is 0 Å². The molecule has 0 radical (unpaired) electrons. The molecule has 2 aromatic rings. The first-order valence-corrected chi connectivity index (χ1v) is 11.4. The Balaban J connectivity index is 1.79. The van der Waals surface area contributed by atoms with Gasteiger partial charge in [-0.1, -0.05) is 12.1 Å². The number of benzene rings is 1. The van der Waals surface area contributed by atoms with Crippen molar-refractivity contribution in [3.8, 4) is 0 Å². The van der Waals surface area contributed by atoms with Crippen LogP contribution in [0, 0.1) is 11.7 Å². The van der Waals surface area contributed by atoms with Crippen molar-refractivity contribution < 1.29 is 22.3 Å². The Bertz CT molecular complexity index is 961. The van der Waals surface area contributed by atoms with Gasteiger partial charge >= 0.3 is 0 Å². The number of hydrogen-bond donors (Lipinski definition) is 1. The number of sulfonamides is 1. The molecule has 8 nitrogen and oxygen atoms in total. The Kier molecular flexibility index (Phi) is 7.22. The van der Waals surface area contributed by atoms with Gasteiger partial charge in [0.25, 0.3) is 10.0 Å². The van der Waals surface area contributed by atoms with Crippen molar-refractivity contribution >= 4 is 15.9 Å². The molecule has 0 bridgehead atoms. The molecule has 1 aliphatic heterocycles. The van der Waals surface area contributed by atoms with Crippen LogP contribution in [-0.2, 0) is 26.6 Å². The molecule has 1 aliphatic rings. The number of aryl methyl sites for hydroxylation is 1. The lowest BCUT2D eigenvalue weighted by Gasteiger charge is -2.18. The smallest absolute Gasteiger partial charge is 0.262 e. The fraction of sp³-hybridized carbons (Fsp3) is 0.500. The summed E-state index contributed by atoms with van der Waals surface area (Å²) in [7, 11) is -2.15. The lowest BCUT2D eigenvalue weighted by molar-refractivity contribution is -0.124. The summed E-state index contributed by atoms with van der Waals surface area (Å²) in [5.74, 6) is -1.57. The number of aromatic nitrogens is 2. The quantitative estimate of drug-likeness (QED) is 0.599. The van der Waals surface area contributed by atoms with Gasteiger partial charge in [0.2, 0.25) is 5.91 Å². The Hall–Kier alpha value is -2.30. The van der Waals surface area contributed by atoms with E-state index in [2.05, 4.69) is 10.3 Å². The predicted octanol–water partition coefficient (Wildman–Crippen LogP) is 1.51. The highest BCUT2D eigenvalue weighted by atomic mass is 32.2. The lowest BCUT2D eigenvalue weighted by atomic mass is 9.88. The number of carbonyl (C=O) groups is 1. The second kappa shape index (κ2) is 9.67. The average molecular weight is 439 g/mol. The first-order valence-electron chi connectivity index (χ1n) is 9.92. The fourth-order valence-corrected chi connectivity index (χ4v) is 5.05. The molecule has 1 aromatic heterocycles. The number of amides is 1. The number of carbonyl (C=O) groups excluding carboxylic acids is 1. The van der Waals surface area contributed by atoms with Crippen LogP contribution in [-0.4, -0.2) is 61.0 Å². The number of imidazole rings is 1. The van der Waals surface area contributed by atoms with Gasteiger partial charge in [-0.2, -0.15) is 4.31 Å². The average Bonchev–Trinajstić information content (AvgIpc) is 3.36. The highest BCUT2D eigenvalue weighted by molar-refractivity contribution is 7.89. The molecular weight excluding hydrogens is 411 g/mol. The number of ether oxygens (including phenoxy) is 1. The summed E-state index contributed by atoms with van der Waals surface area (Å²) in [5, 5.41) is 2.82. The highest BCUT2D eigenvalue weighted by Gasteiger charge is 2.44. The van der Waals surface area contributed by atoms with E-state index < -0.39 is 15.9 Å². The minimum Gasteiger partial charge on any atom is -0.382 e. The van der Waals surface area contributed by atoms with Crippen molar-refractivity contribution in [3.05, 3.63) is 48.2 Å². The van der Waals surface area contributed by atoms with Crippen LogP contribution in [0.4, 0.5) is 4.39 Å². The maximum absolute atomic E-state index is 13.4. The zero-order chi connectivity index (χ0) is 21.7. The van der Waals surface area contributed by atoms with Gasteiger partial charge in [-0.15, -0.1) is 0 Å². The normalized spacial score (nSPS) is 19.8. The topological polar surface area (TPSA) is 93.5 Å². The van der Waals surface area contributed by atoms with E-state index in [0.29, 0.717) is 26.2 Å². The second-order valence-corrected chi connectivity index (χ2v) is 9.19. The van der Waals surface area contributed by atoms with Crippen molar-refractivity contribution in [3.63, 3.8) is 0 Å². The van der Waals surface area contributed by atoms with E-state index in [4.69, 9.17) is 4.74 Å². The molecule has 30 heavy (non-hydrogen) atoms. The van der Waals surface area contributed by atoms with Gasteiger partial charge in [0.1, 0.15) is 5.82 Å². The van der Waals surface area contributed by atoms with Gasteiger partial charge in [0.15, 0.2) is 5.03 Å². The summed E-state index contributed by atoms with van der Waals surface area (Å²) >= 11 is 0. The minimum absolute atomic E-state index is 0.0399. The van der Waals surface area contributed by atoms with Crippen molar-refractivity contribution in [1.82, 2.24) is 19.2 Å². The van der Waals surface area contributed by atoms with Gasteiger partial charge in [-0.25, -0.2) is 17.8 Å². The van der Waals surface area contributed by atoms with E-state index in [9.17, 15) is 17.6 Å². The van der Waals surface area contributed by atoms with E-state index in [1.807, 2.05) is 6.92 Å². The molecule has 2 heterocycles. The van der Waals surface area contributed by atoms with Gasteiger partial charge < -0.3 is 14.6 Å². The van der Waals surface area contributed by atoms with Gasteiger partial charge in [-0.05, 0) is 31.0 Å². The van der Waals surface area contributed by atoms with E-state index >= 15 is 0 Å². The van der Waals surface area contributed by atoms with E-state index in [1.165, 1.54) is 29.0 Å². The number of nitrogens with one attached hydrogen (secondary N) is 1. The van der Waals surface area contributed by atoms with Crippen LogP contribution in [0.25, 0.3) is 0 Å². The maximum atomic E-state index is 13.4. The molecule has 1 aromatic carbocycles. The van der Waals surface area contributed by atoms with E-state index in [-0.39, 0.29) is 35.8 Å². The number of halogens is 1. The minimum atomic E-state index is -3.84. The Labute approximate surface area is 176 Å². The molecule has 0 spiro atoms. The first kappa shape index (κ1) is 22.4. The van der Waals surface area contributed by atoms with Crippen molar-refractivity contribution in [1.29, 1.82) is 0 Å². The zero-order valence-corrected chi connectivity index (χ0v) is 17.9. The van der Waals surface area contributed by atoms with E-state index in [0.717, 1.165) is 5.56 Å². The molecule has 3 rings (SSSR count). The molecule has 1 fully saturated rings. The third-order valence-corrected chi connectivity index (χ3v) is 6.89. The van der Waals surface area contributed by atoms with Crippen molar-refractivity contribution in [2.24, 2.45) is 13.0 Å². The standard InChI is InChI=1S/C20H27FN4O4S/c1-3-29-10-4-9-22-20(26)18-12-25(30(27,28)19-13-24(2)14-23-19)11-17(18)15-5-7-16(21)8-6-15/h5-8,13-14,17-18H,3-4,9-12H2,1-2H3,(H,22,26). The van der Waals surface area contributed by atoms with Crippen LogP contribution < -0.4 is 5.32 Å². The fourth-order valence-electron chi connectivity index (χ4n) is 3.59. The second-order valence-electron chi connectivity index (χ2n) is 7.31. The Morgan fingerprint density at radius 2 is 2.03 bits per heavy atom. The molecule has 10 heteroatoms. The molecular formula is C20H27FN4O4S. The summed E-state index contributed by atoms with van der Waals surface area (Å²) in [5.41, 5.74) is 0.726. The number of rotatable bonds is 9. The summed E-state index contributed by atoms with van der Waals surface area (Å²) in [6.07, 6.45) is 3.52. The molecule has 164 valence electrons. The summed E-state index contributed by atoms with van der Waals surface area (Å²) in [6.45, 7) is 3.67. The van der Waals surface area contributed by atoms with Crippen molar-refractivity contribution in [2.75, 3.05) is 32.8 Å². The van der Waals surface area contributed by atoms with Gasteiger partial charge in [0.05, 0.1) is 12.2 Å². The Morgan fingerprint density at radius 1 is 1.30 bits per heavy atom. The Morgan fingerprint density at radius 3 is 2.67 bits per heavy atom. The molecule has 1 saturated heterocycles. The summed E-state index contributed by atoms with van der Waals surface area (Å²) in [6, 6.07) is 5.85. The molecule has 0 aliphatic carbocycles. The number of nitrogens with zero attached hydrogens (tertiary/aromatic N) is 3. The molecule has 2 unspecified atom stereocenters. The molecule has 1 N–H and O–H groups in total. The molecule has 2 atom stereocenters. The third-order valence-electron chi connectivity index (χ3n) is 5.18. The van der Waals surface area contributed by atoms with Crippen LogP contribution in [0.5, 0.6) is 0 Å². The largest absolute Gasteiger partial charge is 0.382 e. The van der Waals surface area contributed by atoms with Gasteiger partial charge in [0, 0.05) is 52.0 Å². The van der Waals surface area contributed by atoms with Crippen LogP contribution in [0.3, 0.4) is 0 Å². The van der Waals surface area contributed by atoms with Gasteiger partial charge in [-0.3, -0.25) is 4.79 Å². The third kappa shape index (κ3) is 5.05. The van der Waals surface area contributed by atoms with E-state index in [1.54, 1.807) is 23.7 Å². The maximum Gasteiger partial charge on any atom is 0.262 e. The number of hydrogen-bond acceptors (Lipinski definition) is 5. The SMILES string of the molecule is CCOCCCNC(=O)C1CN(S(=O)(=O)c2cn(C)cn2)CC1c1ccc(F)cc1. The lowest BCUT2D eigenvalue weighted by Crippen LogP contribution is -2.36. The highest BCUT2D eigenvalue weighted by Crippen LogP contribution is 2.35. The predicted molar refractivity (Wildman–Crippen MR) is 109 cm³/mol. The monoisotopic (exact) mass is 438 g/mol. The summed E-state index contributed by atoms with van der Waals surface area (Å²) in [4.78, 5) is 16.8. The molecule has 0 saturated carbocycles. The molecule has 1 amide bonds. The first-order chi connectivity index (χ1) is 14.3. The van der Waals surface area contributed by atoms with Crippen molar-refractivity contribution in [2.45, 2.75) is 24.3 Å². The van der Waals surface area contributed by atoms with Crippen LogP contribution in [0.1, 0.15) is 24.8 Å². The van der Waals surface area contributed by atoms with Crippen LogP contribution in [0.15, 0.2) is 41.8 Å². The zero-order valence-electron chi connectivity index (χ0n) is 17.1. The summed E-state index contributed by atoms with van der Waals surface area (Å²) < 4.78 is 47.5.